The minimum Gasteiger partial charge on any atom is -0.495 e. The third-order valence-corrected chi connectivity index (χ3v) is 1.91. The van der Waals surface area contributed by atoms with Crippen LogP contribution in [-0.4, -0.2) is 12.1 Å². The van der Waals surface area contributed by atoms with E-state index in [9.17, 15) is 0 Å². The molecule has 0 aliphatic carbocycles. The summed E-state index contributed by atoms with van der Waals surface area (Å²) in [6.07, 6.45) is 1.57. The molecule has 0 saturated heterocycles. The van der Waals surface area contributed by atoms with Crippen LogP contribution in [0.25, 0.3) is 0 Å². The molecule has 0 aliphatic rings. The van der Waals surface area contributed by atoms with Crippen LogP contribution in [0.2, 0.25) is 0 Å². The van der Waals surface area contributed by atoms with Gasteiger partial charge < -0.3 is 4.74 Å². The fourth-order valence-corrected chi connectivity index (χ4v) is 1.22. The van der Waals surface area contributed by atoms with Crippen LogP contribution in [0, 0.1) is 11.3 Å². The molecule has 0 aliphatic heterocycles. The maximum atomic E-state index is 8.71. The van der Waals surface area contributed by atoms with Gasteiger partial charge >= 0.3 is 0 Å². The van der Waals surface area contributed by atoms with Gasteiger partial charge in [-0.25, -0.2) is 0 Å². The average molecular weight is 190 g/mol. The van der Waals surface area contributed by atoms with Crippen LogP contribution in [0.3, 0.4) is 0 Å². The summed E-state index contributed by atoms with van der Waals surface area (Å²) in [4.78, 5) is 4.24. The molecule has 0 amide bonds. The molecule has 0 saturated carbocycles. The molecule has 14 heavy (non-hydrogen) atoms. The number of rotatable bonds is 1. The zero-order valence-corrected chi connectivity index (χ0v) is 8.96. The van der Waals surface area contributed by atoms with Gasteiger partial charge in [-0.3, -0.25) is 4.98 Å². The molecule has 0 bridgehead atoms. The summed E-state index contributed by atoms with van der Waals surface area (Å²) < 4.78 is 5.20. The summed E-state index contributed by atoms with van der Waals surface area (Å²) in [6.45, 7) is 6.18. The van der Waals surface area contributed by atoms with E-state index in [0.29, 0.717) is 11.3 Å². The number of methoxy groups -OCH3 is 1. The van der Waals surface area contributed by atoms with Gasteiger partial charge in [-0.1, -0.05) is 20.8 Å². The van der Waals surface area contributed by atoms with Crippen molar-refractivity contribution in [2.24, 2.45) is 0 Å². The summed E-state index contributed by atoms with van der Waals surface area (Å²) in [6, 6.07) is 3.75. The molecule has 0 aromatic carbocycles. The Morgan fingerprint density at radius 3 is 2.50 bits per heavy atom. The van der Waals surface area contributed by atoms with E-state index in [4.69, 9.17) is 10.00 Å². The van der Waals surface area contributed by atoms with E-state index in [0.717, 1.165) is 5.69 Å². The average Bonchev–Trinajstić information content (AvgIpc) is 2.15. The molecule has 1 aromatic heterocycles. The largest absolute Gasteiger partial charge is 0.495 e. The first-order chi connectivity index (χ1) is 6.49. The SMILES string of the molecule is COc1cc(C#N)cnc1C(C)(C)C. The predicted molar refractivity (Wildman–Crippen MR) is 54.2 cm³/mol. The molecule has 3 nitrogen and oxygen atoms in total. The molecule has 0 N–H and O–H groups in total. The Morgan fingerprint density at radius 2 is 2.07 bits per heavy atom. The number of nitrogens with zero attached hydrogens (tertiary/aromatic N) is 2. The Morgan fingerprint density at radius 1 is 1.43 bits per heavy atom. The van der Waals surface area contributed by atoms with Crippen molar-refractivity contribution in [1.29, 1.82) is 5.26 Å². The third kappa shape index (κ3) is 2.02. The molecule has 0 fully saturated rings. The minimum absolute atomic E-state index is 0.0701. The lowest BCUT2D eigenvalue weighted by atomic mass is 9.90. The van der Waals surface area contributed by atoms with Crippen LogP contribution in [0.15, 0.2) is 12.3 Å². The second-order valence-electron chi connectivity index (χ2n) is 4.14. The molecule has 1 heterocycles. The quantitative estimate of drug-likeness (QED) is 0.682. The van der Waals surface area contributed by atoms with E-state index >= 15 is 0 Å². The molecule has 74 valence electrons. The summed E-state index contributed by atoms with van der Waals surface area (Å²) >= 11 is 0. The van der Waals surface area contributed by atoms with Crippen LogP contribution in [-0.2, 0) is 5.41 Å². The van der Waals surface area contributed by atoms with Gasteiger partial charge in [0.2, 0.25) is 0 Å². The topological polar surface area (TPSA) is 45.9 Å². The maximum absolute atomic E-state index is 8.71. The van der Waals surface area contributed by atoms with Crippen molar-refractivity contribution >= 4 is 0 Å². The lowest BCUT2D eigenvalue weighted by Crippen LogP contribution is -2.15. The highest BCUT2D eigenvalue weighted by Gasteiger charge is 2.20. The van der Waals surface area contributed by atoms with Gasteiger partial charge in [-0.15, -0.1) is 0 Å². The van der Waals surface area contributed by atoms with Gasteiger partial charge in [0.1, 0.15) is 11.8 Å². The first-order valence-corrected chi connectivity index (χ1v) is 4.43. The van der Waals surface area contributed by atoms with E-state index in [-0.39, 0.29) is 5.41 Å². The summed E-state index contributed by atoms with van der Waals surface area (Å²) in [5.41, 5.74) is 1.33. The smallest absolute Gasteiger partial charge is 0.142 e. The Balaban J connectivity index is 3.27. The first-order valence-electron chi connectivity index (χ1n) is 4.43. The monoisotopic (exact) mass is 190 g/mol. The van der Waals surface area contributed by atoms with Crippen molar-refractivity contribution in [2.45, 2.75) is 26.2 Å². The Hall–Kier alpha value is -1.56. The maximum Gasteiger partial charge on any atom is 0.142 e. The van der Waals surface area contributed by atoms with Gasteiger partial charge in [-0.05, 0) is 0 Å². The van der Waals surface area contributed by atoms with Crippen LogP contribution >= 0.6 is 0 Å². The number of hydrogen-bond acceptors (Lipinski definition) is 3. The highest BCUT2D eigenvalue weighted by Crippen LogP contribution is 2.29. The van der Waals surface area contributed by atoms with E-state index in [1.807, 2.05) is 6.07 Å². The lowest BCUT2D eigenvalue weighted by molar-refractivity contribution is 0.392. The van der Waals surface area contributed by atoms with E-state index in [1.54, 1.807) is 19.4 Å². The van der Waals surface area contributed by atoms with E-state index in [2.05, 4.69) is 25.8 Å². The van der Waals surface area contributed by atoms with Gasteiger partial charge in [0.25, 0.3) is 0 Å². The molecule has 0 spiro atoms. The van der Waals surface area contributed by atoms with Crippen molar-refractivity contribution in [3.05, 3.63) is 23.5 Å². The zero-order valence-electron chi connectivity index (χ0n) is 8.96. The standard InChI is InChI=1S/C11H14N2O/c1-11(2,3)10-9(14-4)5-8(6-12)7-13-10/h5,7H,1-4H3. The normalized spacial score (nSPS) is 10.8. The molecule has 0 radical (unpaired) electrons. The summed E-state index contributed by atoms with van der Waals surface area (Å²) in [5.74, 6) is 0.677. The number of aromatic nitrogens is 1. The van der Waals surface area contributed by atoms with Crippen LogP contribution in [0.1, 0.15) is 32.0 Å². The molecule has 1 rings (SSSR count). The molecule has 1 aromatic rings. The van der Waals surface area contributed by atoms with Crippen LogP contribution in [0.5, 0.6) is 5.75 Å². The van der Waals surface area contributed by atoms with Crippen LogP contribution in [0.4, 0.5) is 0 Å². The third-order valence-electron chi connectivity index (χ3n) is 1.91. The Kier molecular flexibility index (Phi) is 2.76. The first kappa shape index (κ1) is 10.5. The second kappa shape index (κ2) is 3.67. The Bertz CT molecular complexity index is 372. The van der Waals surface area contributed by atoms with Crippen molar-refractivity contribution < 1.29 is 4.74 Å². The van der Waals surface area contributed by atoms with Gasteiger partial charge in [0.05, 0.1) is 18.4 Å². The predicted octanol–water partition coefficient (Wildman–Crippen LogP) is 2.26. The molecule has 3 heteroatoms. The number of ether oxygens (including phenoxy) is 1. The highest BCUT2D eigenvalue weighted by atomic mass is 16.5. The van der Waals surface area contributed by atoms with Crippen molar-refractivity contribution in [3.63, 3.8) is 0 Å². The van der Waals surface area contributed by atoms with Crippen molar-refractivity contribution in [2.75, 3.05) is 7.11 Å². The fourth-order valence-electron chi connectivity index (χ4n) is 1.22. The molecule has 0 atom stereocenters. The number of hydrogen-bond donors (Lipinski definition) is 0. The summed E-state index contributed by atoms with van der Waals surface area (Å²) in [5, 5.41) is 8.71. The fraction of sp³-hybridized carbons (Fsp3) is 0.455. The van der Waals surface area contributed by atoms with E-state index in [1.165, 1.54) is 0 Å². The van der Waals surface area contributed by atoms with Crippen LogP contribution < -0.4 is 4.74 Å². The molecular formula is C11H14N2O. The van der Waals surface area contributed by atoms with E-state index < -0.39 is 0 Å². The Labute approximate surface area is 84.3 Å². The van der Waals surface area contributed by atoms with Crippen molar-refractivity contribution in [1.82, 2.24) is 4.98 Å². The highest BCUT2D eigenvalue weighted by molar-refractivity contribution is 5.40. The number of nitriles is 1. The van der Waals surface area contributed by atoms with Gasteiger partial charge in [-0.2, -0.15) is 5.26 Å². The molecule has 0 unspecified atom stereocenters. The number of pyridine rings is 1. The summed E-state index contributed by atoms with van der Waals surface area (Å²) in [7, 11) is 1.59. The zero-order chi connectivity index (χ0) is 10.8. The molecular weight excluding hydrogens is 176 g/mol. The van der Waals surface area contributed by atoms with Gasteiger partial charge in [0, 0.05) is 17.7 Å². The van der Waals surface area contributed by atoms with Gasteiger partial charge in [0.15, 0.2) is 0 Å². The second-order valence-corrected chi connectivity index (χ2v) is 4.14. The van der Waals surface area contributed by atoms with Crippen molar-refractivity contribution in [3.8, 4) is 11.8 Å². The lowest BCUT2D eigenvalue weighted by Gasteiger charge is -2.20. The minimum atomic E-state index is -0.0701.